The van der Waals surface area contributed by atoms with E-state index in [2.05, 4.69) is 9.88 Å². The van der Waals surface area contributed by atoms with E-state index in [1.807, 2.05) is 6.07 Å². The molecule has 102 valence electrons. The van der Waals surface area contributed by atoms with Crippen LogP contribution in [0.5, 0.6) is 0 Å². The first kappa shape index (κ1) is 13.3. The summed E-state index contributed by atoms with van der Waals surface area (Å²) >= 11 is 0. The first-order valence-corrected chi connectivity index (χ1v) is 6.21. The van der Waals surface area contributed by atoms with Gasteiger partial charge in [0.2, 0.25) is 5.91 Å². The second kappa shape index (κ2) is 5.26. The maximum atomic E-state index is 11.9. The highest BCUT2D eigenvalue weighted by molar-refractivity contribution is 5.91. The van der Waals surface area contributed by atoms with Gasteiger partial charge in [-0.25, -0.2) is 0 Å². The van der Waals surface area contributed by atoms with Crippen molar-refractivity contribution in [1.82, 2.24) is 9.88 Å². The Bertz CT molecular complexity index is 501. The number of pyridine rings is 1. The third kappa shape index (κ3) is 2.83. The van der Waals surface area contributed by atoms with Gasteiger partial charge in [-0.2, -0.15) is 0 Å². The molecule has 6 nitrogen and oxygen atoms in total. The standard InChI is InChI=1S/C13H18N4O2/c1-16(2)13(19)9-4-6-17(8-9)10-3-5-15-11(7-10)12(14)18/h3,5,7,9H,4,6,8H2,1-2H3,(H2,14,18). The Balaban J connectivity index is 2.11. The first-order valence-electron chi connectivity index (χ1n) is 6.21. The molecule has 1 unspecified atom stereocenters. The number of primary amides is 1. The summed E-state index contributed by atoms with van der Waals surface area (Å²) in [6.45, 7) is 1.46. The molecule has 1 atom stereocenters. The van der Waals surface area contributed by atoms with Crippen LogP contribution in [-0.2, 0) is 4.79 Å². The van der Waals surface area contributed by atoms with E-state index in [4.69, 9.17) is 5.73 Å². The molecule has 2 N–H and O–H groups in total. The summed E-state index contributed by atoms with van der Waals surface area (Å²) in [6.07, 6.45) is 2.39. The van der Waals surface area contributed by atoms with Gasteiger partial charge in [-0.1, -0.05) is 0 Å². The Morgan fingerprint density at radius 1 is 1.47 bits per heavy atom. The van der Waals surface area contributed by atoms with E-state index >= 15 is 0 Å². The van der Waals surface area contributed by atoms with Crippen molar-refractivity contribution in [2.45, 2.75) is 6.42 Å². The molecule has 0 radical (unpaired) electrons. The molecule has 1 aromatic rings. The zero-order valence-corrected chi connectivity index (χ0v) is 11.2. The lowest BCUT2D eigenvalue weighted by atomic mass is 10.1. The SMILES string of the molecule is CN(C)C(=O)C1CCN(c2ccnc(C(N)=O)c2)C1. The number of hydrogen-bond acceptors (Lipinski definition) is 4. The van der Waals surface area contributed by atoms with Crippen molar-refractivity contribution >= 4 is 17.5 Å². The van der Waals surface area contributed by atoms with Crippen molar-refractivity contribution in [1.29, 1.82) is 0 Å². The largest absolute Gasteiger partial charge is 0.371 e. The fourth-order valence-electron chi connectivity index (χ4n) is 2.31. The van der Waals surface area contributed by atoms with E-state index in [1.165, 1.54) is 0 Å². The summed E-state index contributed by atoms with van der Waals surface area (Å²) in [7, 11) is 3.53. The maximum Gasteiger partial charge on any atom is 0.267 e. The molecule has 1 saturated heterocycles. The molecule has 6 heteroatoms. The lowest BCUT2D eigenvalue weighted by molar-refractivity contribution is -0.132. The number of rotatable bonds is 3. The highest BCUT2D eigenvalue weighted by Gasteiger charge is 2.29. The van der Waals surface area contributed by atoms with Gasteiger partial charge < -0.3 is 15.5 Å². The summed E-state index contributed by atoms with van der Waals surface area (Å²) in [6, 6.07) is 3.50. The lowest BCUT2D eigenvalue weighted by Gasteiger charge is -2.20. The van der Waals surface area contributed by atoms with Gasteiger partial charge in [0.1, 0.15) is 5.69 Å². The minimum absolute atomic E-state index is 0.0141. The topological polar surface area (TPSA) is 79.5 Å². The molecule has 1 aliphatic heterocycles. The number of nitrogens with two attached hydrogens (primary N) is 1. The van der Waals surface area contributed by atoms with Crippen molar-refractivity contribution in [3.05, 3.63) is 24.0 Å². The second-order valence-electron chi connectivity index (χ2n) is 4.93. The van der Waals surface area contributed by atoms with Crippen LogP contribution in [0.25, 0.3) is 0 Å². The van der Waals surface area contributed by atoms with Crippen LogP contribution in [-0.4, -0.2) is 48.9 Å². The Morgan fingerprint density at radius 3 is 2.84 bits per heavy atom. The second-order valence-corrected chi connectivity index (χ2v) is 4.93. The summed E-state index contributed by atoms with van der Waals surface area (Å²) in [5.74, 6) is -0.381. The van der Waals surface area contributed by atoms with Crippen LogP contribution in [0.4, 0.5) is 5.69 Å². The average Bonchev–Trinajstić information content (AvgIpc) is 2.87. The van der Waals surface area contributed by atoms with Gasteiger partial charge in [0, 0.05) is 39.1 Å². The predicted molar refractivity (Wildman–Crippen MR) is 71.8 cm³/mol. The normalized spacial score (nSPS) is 18.4. The lowest BCUT2D eigenvalue weighted by Crippen LogP contribution is -2.31. The van der Waals surface area contributed by atoms with E-state index in [9.17, 15) is 9.59 Å². The van der Waals surface area contributed by atoms with Gasteiger partial charge in [0.15, 0.2) is 0 Å². The molecule has 2 amide bonds. The fraction of sp³-hybridized carbons (Fsp3) is 0.462. The molecule has 0 aliphatic carbocycles. The van der Waals surface area contributed by atoms with Crippen molar-refractivity contribution in [3.63, 3.8) is 0 Å². The Morgan fingerprint density at radius 2 is 2.21 bits per heavy atom. The number of carbonyl (C=O) groups excluding carboxylic acids is 2. The Kier molecular flexibility index (Phi) is 3.69. The van der Waals surface area contributed by atoms with Crippen molar-refractivity contribution in [3.8, 4) is 0 Å². The van der Waals surface area contributed by atoms with Gasteiger partial charge >= 0.3 is 0 Å². The van der Waals surface area contributed by atoms with Crippen molar-refractivity contribution < 1.29 is 9.59 Å². The third-order valence-electron chi connectivity index (χ3n) is 3.34. The van der Waals surface area contributed by atoms with E-state index in [0.29, 0.717) is 6.54 Å². The molecule has 0 bridgehead atoms. The van der Waals surface area contributed by atoms with Crippen LogP contribution in [0.2, 0.25) is 0 Å². The van der Waals surface area contributed by atoms with E-state index in [1.54, 1.807) is 31.3 Å². The van der Waals surface area contributed by atoms with Crippen LogP contribution in [0, 0.1) is 5.92 Å². The monoisotopic (exact) mass is 262 g/mol. The van der Waals surface area contributed by atoms with Crippen LogP contribution in [0.3, 0.4) is 0 Å². The highest BCUT2D eigenvalue weighted by atomic mass is 16.2. The number of anilines is 1. The summed E-state index contributed by atoms with van der Waals surface area (Å²) < 4.78 is 0. The van der Waals surface area contributed by atoms with Crippen molar-refractivity contribution in [2.75, 3.05) is 32.1 Å². The van der Waals surface area contributed by atoms with E-state index in [-0.39, 0.29) is 17.5 Å². The molecular weight excluding hydrogens is 244 g/mol. The van der Waals surface area contributed by atoms with Crippen LogP contribution in [0.15, 0.2) is 18.3 Å². The smallest absolute Gasteiger partial charge is 0.267 e. The highest BCUT2D eigenvalue weighted by Crippen LogP contribution is 2.24. The zero-order valence-electron chi connectivity index (χ0n) is 11.2. The van der Waals surface area contributed by atoms with Gasteiger partial charge in [-0.15, -0.1) is 0 Å². The quantitative estimate of drug-likeness (QED) is 0.837. The van der Waals surface area contributed by atoms with Crippen molar-refractivity contribution in [2.24, 2.45) is 11.7 Å². The number of nitrogens with zero attached hydrogens (tertiary/aromatic N) is 3. The number of hydrogen-bond donors (Lipinski definition) is 1. The molecule has 1 aromatic heterocycles. The average molecular weight is 262 g/mol. The first-order chi connectivity index (χ1) is 8.99. The van der Waals surface area contributed by atoms with Gasteiger partial charge in [-0.05, 0) is 18.6 Å². The minimum Gasteiger partial charge on any atom is -0.371 e. The molecular formula is C13H18N4O2. The van der Waals surface area contributed by atoms with Gasteiger partial charge in [0.05, 0.1) is 5.92 Å². The molecule has 2 rings (SSSR count). The number of aromatic nitrogens is 1. The van der Waals surface area contributed by atoms with E-state index < -0.39 is 5.91 Å². The molecule has 0 spiro atoms. The Labute approximate surface area is 112 Å². The minimum atomic E-state index is -0.540. The third-order valence-corrected chi connectivity index (χ3v) is 3.34. The van der Waals surface area contributed by atoms with Gasteiger partial charge in [-0.3, -0.25) is 14.6 Å². The summed E-state index contributed by atoms with van der Waals surface area (Å²) in [5.41, 5.74) is 6.35. The molecule has 2 heterocycles. The van der Waals surface area contributed by atoms with Crippen LogP contribution < -0.4 is 10.6 Å². The molecule has 1 fully saturated rings. The molecule has 1 aliphatic rings. The molecule has 0 aromatic carbocycles. The summed E-state index contributed by atoms with van der Waals surface area (Å²) in [5, 5.41) is 0. The summed E-state index contributed by atoms with van der Waals surface area (Å²) in [4.78, 5) is 30.6. The number of carbonyl (C=O) groups is 2. The van der Waals surface area contributed by atoms with Crippen LogP contribution in [0.1, 0.15) is 16.9 Å². The molecule has 19 heavy (non-hydrogen) atoms. The fourth-order valence-corrected chi connectivity index (χ4v) is 2.31. The van der Waals surface area contributed by atoms with E-state index in [0.717, 1.165) is 18.7 Å². The van der Waals surface area contributed by atoms with Crippen LogP contribution >= 0.6 is 0 Å². The number of amides is 2. The molecule has 0 saturated carbocycles. The zero-order chi connectivity index (χ0) is 14.0. The predicted octanol–water partition coefficient (Wildman–Crippen LogP) is 0.0950. The maximum absolute atomic E-state index is 11.9. The Hall–Kier alpha value is -2.11. The van der Waals surface area contributed by atoms with Gasteiger partial charge in [0.25, 0.3) is 5.91 Å².